The van der Waals surface area contributed by atoms with E-state index in [9.17, 15) is 15.8 Å². The Morgan fingerprint density at radius 2 is 1.77 bits per heavy atom. The van der Waals surface area contributed by atoms with Gasteiger partial charge in [0.1, 0.15) is 11.9 Å². The van der Waals surface area contributed by atoms with E-state index >= 15 is 0 Å². The van der Waals surface area contributed by atoms with E-state index in [4.69, 9.17) is 19.6 Å². The van der Waals surface area contributed by atoms with E-state index in [1.807, 2.05) is 0 Å². The Morgan fingerprint density at radius 1 is 1.06 bits per heavy atom. The van der Waals surface area contributed by atoms with Crippen LogP contribution in [0.3, 0.4) is 0 Å². The molecule has 31 heavy (non-hydrogen) atoms. The Bertz CT molecular complexity index is 1200. The van der Waals surface area contributed by atoms with E-state index in [0.717, 1.165) is 4.47 Å². The van der Waals surface area contributed by atoms with Crippen LogP contribution in [0.2, 0.25) is 0 Å². The molecule has 2 aromatic rings. The predicted molar refractivity (Wildman–Crippen MR) is 113 cm³/mol. The van der Waals surface area contributed by atoms with Gasteiger partial charge in [-0.25, -0.2) is 0 Å². The predicted octanol–water partition coefficient (Wildman–Crippen LogP) is 4.58. The van der Waals surface area contributed by atoms with Crippen molar-refractivity contribution in [2.75, 3.05) is 7.11 Å². The monoisotopic (exact) mass is 476 g/mol. The summed E-state index contributed by atoms with van der Waals surface area (Å²) in [5.41, 5.74) is -2.93. The maximum atomic E-state index is 10.5. The van der Waals surface area contributed by atoms with Gasteiger partial charge in [-0.15, -0.1) is 0 Å². The average molecular weight is 477 g/mol. The van der Waals surface area contributed by atoms with Crippen LogP contribution in [-0.4, -0.2) is 18.8 Å². The normalized spacial score (nSPS) is 30.4. The number of para-hydroxylation sites is 1. The van der Waals surface area contributed by atoms with Crippen molar-refractivity contribution >= 4 is 21.8 Å². The third kappa shape index (κ3) is 2.55. The van der Waals surface area contributed by atoms with Crippen molar-refractivity contribution in [1.29, 1.82) is 21.2 Å². The average Bonchev–Trinajstić information content (AvgIpc) is 2.96. The maximum Gasteiger partial charge on any atom is 0.219 e. The van der Waals surface area contributed by atoms with E-state index in [-0.39, 0.29) is 0 Å². The van der Waals surface area contributed by atoms with Crippen LogP contribution >= 0.6 is 15.9 Å². The van der Waals surface area contributed by atoms with Crippen molar-refractivity contribution in [3.63, 3.8) is 0 Å². The van der Waals surface area contributed by atoms with Gasteiger partial charge in [0.2, 0.25) is 17.1 Å². The minimum Gasteiger partial charge on any atom is -0.496 e. The molecule has 0 radical (unpaired) electrons. The molecule has 2 bridgehead atoms. The number of hydrogen-bond acceptors (Lipinski definition) is 7. The van der Waals surface area contributed by atoms with Gasteiger partial charge in [-0.1, -0.05) is 46.3 Å². The van der Waals surface area contributed by atoms with E-state index in [1.165, 1.54) is 7.11 Å². The molecule has 2 aromatic carbocycles. The second-order valence-corrected chi connectivity index (χ2v) is 8.54. The summed E-state index contributed by atoms with van der Waals surface area (Å²) in [6, 6.07) is 20.3. The topological polar surface area (TPSA) is 123 Å². The standard InChI is InChI=1S/C23H17BrN4O3/c1-21-18(16-8-3-4-9-17(16)29-2)23(13-27,20(28)31-21)22(11-25,12-26)19(30-21)14-6-5-7-15(24)10-14/h3-10,18-19,28H,1-2H3. The second kappa shape index (κ2) is 7.10. The Morgan fingerprint density at radius 3 is 2.39 bits per heavy atom. The van der Waals surface area contributed by atoms with Gasteiger partial charge in [-0.05, 0) is 23.8 Å². The minimum atomic E-state index is -2.05. The summed E-state index contributed by atoms with van der Waals surface area (Å²) in [6.07, 6.45) is -1.13. The molecule has 0 amide bonds. The number of hydrogen-bond donors (Lipinski definition) is 1. The number of fused-ring (bicyclic) bond motifs is 2. The molecular formula is C23H17BrN4O3. The zero-order chi connectivity index (χ0) is 22.4. The van der Waals surface area contributed by atoms with Crippen molar-refractivity contribution in [3.8, 4) is 24.0 Å². The molecule has 2 aliphatic heterocycles. The first kappa shape index (κ1) is 20.9. The molecule has 2 saturated heterocycles. The Balaban J connectivity index is 2.06. The van der Waals surface area contributed by atoms with Crippen LogP contribution in [0.1, 0.15) is 30.1 Å². The molecule has 7 nitrogen and oxygen atoms in total. The summed E-state index contributed by atoms with van der Waals surface area (Å²) in [5.74, 6) is -2.44. The Hall–Kier alpha value is -3.38. The summed E-state index contributed by atoms with van der Waals surface area (Å²) >= 11 is 3.40. The van der Waals surface area contributed by atoms with Gasteiger partial charge in [0, 0.05) is 17.0 Å². The molecule has 4 unspecified atom stereocenters. The number of benzene rings is 2. The Kier molecular flexibility index (Phi) is 4.78. The smallest absolute Gasteiger partial charge is 0.219 e. The number of ether oxygens (including phenoxy) is 3. The number of nitrogens with zero attached hydrogens (tertiary/aromatic N) is 3. The van der Waals surface area contributed by atoms with E-state index in [2.05, 4.69) is 34.1 Å². The molecule has 4 rings (SSSR count). The SMILES string of the molecule is COc1ccccc1C1C2(C)OC(=N)C1(C#N)C(C#N)(C#N)C(c1cccc(Br)c1)O2. The van der Waals surface area contributed by atoms with Crippen LogP contribution in [0, 0.1) is 50.2 Å². The first-order valence-electron chi connectivity index (χ1n) is 9.41. The fourth-order valence-corrected chi connectivity index (χ4v) is 5.24. The number of halogens is 1. The highest BCUT2D eigenvalue weighted by Crippen LogP contribution is 2.70. The van der Waals surface area contributed by atoms with Gasteiger partial charge < -0.3 is 14.2 Å². The van der Waals surface area contributed by atoms with E-state index in [0.29, 0.717) is 16.9 Å². The summed E-state index contributed by atoms with van der Waals surface area (Å²) in [4.78, 5) is 0. The molecule has 0 spiro atoms. The third-order valence-corrected chi connectivity index (χ3v) is 6.61. The molecule has 0 saturated carbocycles. The molecule has 2 fully saturated rings. The molecule has 2 heterocycles. The highest BCUT2D eigenvalue weighted by atomic mass is 79.9. The lowest BCUT2D eigenvalue weighted by atomic mass is 9.52. The van der Waals surface area contributed by atoms with Crippen LogP contribution in [0.5, 0.6) is 5.75 Å². The lowest BCUT2D eigenvalue weighted by molar-refractivity contribution is -0.253. The molecule has 1 N–H and O–H groups in total. The second-order valence-electron chi connectivity index (χ2n) is 7.63. The van der Waals surface area contributed by atoms with Gasteiger partial charge in [-0.2, -0.15) is 15.8 Å². The molecule has 0 aromatic heterocycles. The highest BCUT2D eigenvalue weighted by Gasteiger charge is 2.80. The largest absolute Gasteiger partial charge is 0.496 e. The van der Waals surface area contributed by atoms with Crippen LogP contribution in [-0.2, 0) is 9.47 Å². The van der Waals surface area contributed by atoms with Gasteiger partial charge in [0.15, 0.2) is 5.41 Å². The van der Waals surface area contributed by atoms with Gasteiger partial charge in [-0.3, -0.25) is 5.41 Å². The number of rotatable bonds is 3. The summed E-state index contributed by atoms with van der Waals surface area (Å²) in [5, 5.41) is 39.8. The first-order valence-corrected chi connectivity index (χ1v) is 10.2. The van der Waals surface area contributed by atoms with Gasteiger partial charge >= 0.3 is 0 Å². The fourth-order valence-electron chi connectivity index (χ4n) is 4.82. The molecular weight excluding hydrogens is 460 g/mol. The van der Waals surface area contributed by atoms with Crippen molar-refractivity contribution in [2.24, 2.45) is 10.8 Å². The zero-order valence-corrected chi connectivity index (χ0v) is 18.3. The van der Waals surface area contributed by atoms with Crippen molar-refractivity contribution < 1.29 is 14.2 Å². The fraction of sp³-hybridized carbons (Fsp3) is 0.304. The first-order chi connectivity index (χ1) is 14.8. The van der Waals surface area contributed by atoms with Crippen LogP contribution < -0.4 is 4.74 Å². The molecule has 0 aliphatic carbocycles. The lowest BCUT2D eigenvalue weighted by Gasteiger charge is -2.49. The van der Waals surface area contributed by atoms with Gasteiger partial charge in [0.25, 0.3) is 0 Å². The van der Waals surface area contributed by atoms with Crippen molar-refractivity contribution in [2.45, 2.75) is 24.7 Å². The lowest BCUT2D eigenvalue weighted by Crippen LogP contribution is -2.57. The summed E-state index contributed by atoms with van der Waals surface area (Å²) < 4.78 is 18.4. The molecule has 154 valence electrons. The minimum absolute atomic E-state index is 0.450. The van der Waals surface area contributed by atoms with Crippen molar-refractivity contribution in [3.05, 3.63) is 64.1 Å². The van der Waals surface area contributed by atoms with Crippen molar-refractivity contribution in [1.82, 2.24) is 0 Å². The van der Waals surface area contributed by atoms with Gasteiger partial charge in [0.05, 0.1) is 31.2 Å². The Labute approximate surface area is 188 Å². The van der Waals surface area contributed by atoms with Crippen LogP contribution in [0.4, 0.5) is 0 Å². The molecule has 8 heteroatoms. The number of nitriles is 3. The third-order valence-electron chi connectivity index (χ3n) is 6.12. The molecule has 4 atom stereocenters. The van der Waals surface area contributed by atoms with E-state index < -0.39 is 34.5 Å². The van der Waals surface area contributed by atoms with Crippen LogP contribution in [0.25, 0.3) is 0 Å². The quantitative estimate of drug-likeness (QED) is 0.691. The highest BCUT2D eigenvalue weighted by molar-refractivity contribution is 9.10. The summed E-state index contributed by atoms with van der Waals surface area (Å²) in [6.45, 7) is 1.63. The number of methoxy groups -OCH3 is 1. The molecule has 2 aliphatic rings. The summed E-state index contributed by atoms with van der Waals surface area (Å²) in [7, 11) is 1.49. The van der Waals surface area contributed by atoms with E-state index in [1.54, 1.807) is 55.5 Å². The van der Waals surface area contributed by atoms with Crippen LogP contribution in [0.15, 0.2) is 53.0 Å². The maximum absolute atomic E-state index is 10.5. The zero-order valence-electron chi connectivity index (χ0n) is 16.7. The number of nitrogens with one attached hydrogen (secondary N) is 1.